The predicted molar refractivity (Wildman–Crippen MR) is 283 cm³/mol. The Kier molecular flexibility index (Phi) is 13.4. The third kappa shape index (κ3) is 8.81. The summed E-state index contributed by atoms with van der Waals surface area (Å²) in [6.07, 6.45) is 0.710. The Labute approximate surface area is 442 Å². The van der Waals surface area contributed by atoms with E-state index >= 15 is 0 Å². The fourth-order valence-electron chi connectivity index (χ4n) is 11.1. The van der Waals surface area contributed by atoms with Gasteiger partial charge in [0.15, 0.2) is 23.0 Å². The molecule has 0 aliphatic carbocycles. The zero-order chi connectivity index (χ0) is 51.3. The molecule has 3 amide bonds. The summed E-state index contributed by atoms with van der Waals surface area (Å²) in [5, 5.41) is 1.92. The van der Waals surface area contributed by atoms with Crippen molar-refractivity contribution in [3.05, 3.63) is 178 Å². The Morgan fingerprint density at radius 3 is 1.70 bits per heavy atom. The smallest absolute Gasteiger partial charge is 0.328 e. The minimum atomic E-state index is -0.859. The number of hydrogen-bond donors (Lipinski definition) is 2. The van der Waals surface area contributed by atoms with Gasteiger partial charge in [0.05, 0.1) is 36.8 Å². The zero-order valence-electron chi connectivity index (χ0n) is 40.9. The van der Waals surface area contributed by atoms with Crippen LogP contribution >= 0.6 is 11.6 Å². The summed E-state index contributed by atoms with van der Waals surface area (Å²) in [7, 11) is 3.01. The van der Waals surface area contributed by atoms with Gasteiger partial charge in [0, 0.05) is 42.0 Å². The molecule has 388 valence electrons. The van der Waals surface area contributed by atoms with Crippen LogP contribution in [0.15, 0.2) is 133 Å². The van der Waals surface area contributed by atoms with Gasteiger partial charge in [-0.2, -0.15) is 0 Å². The number of carbonyl (C=O) groups is 4. The molecule has 5 aliphatic heterocycles. The maximum Gasteiger partial charge on any atom is 0.328 e. The van der Waals surface area contributed by atoms with Gasteiger partial charge < -0.3 is 57.8 Å². The van der Waals surface area contributed by atoms with Crippen molar-refractivity contribution < 1.29 is 52.3 Å². The van der Waals surface area contributed by atoms with Crippen LogP contribution < -0.4 is 28.4 Å². The maximum atomic E-state index is 13.4. The van der Waals surface area contributed by atoms with Gasteiger partial charge >= 0.3 is 5.97 Å². The van der Waals surface area contributed by atoms with E-state index in [2.05, 4.69) is 9.97 Å². The van der Waals surface area contributed by atoms with Crippen LogP contribution in [0.4, 0.5) is 0 Å². The van der Waals surface area contributed by atoms with Crippen LogP contribution in [0, 0.1) is 0 Å². The van der Waals surface area contributed by atoms with Gasteiger partial charge in [-0.25, -0.2) is 4.79 Å². The molecule has 1 fully saturated rings. The number of nitrogens with zero attached hydrogens (tertiary/aromatic N) is 3. The van der Waals surface area contributed by atoms with Crippen molar-refractivity contribution in [1.82, 2.24) is 24.7 Å². The summed E-state index contributed by atoms with van der Waals surface area (Å²) in [5.74, 6) is 2.60. The summed E-state index contributed by atoms with van der Waals surface area (Å²) in [6.45, 7) is 1.18. The van der Waals surface area contributed by atoms with Crippen LogP contribution in [0.5, 0.6) is 34.5 Å². The number of halogens is 1. The van der Waals surface area contributed by atoms with Gasteiger partial charge in [-0.3, -0.25) is 14.4 Å². The normalized spacial score (nSPS) is 18.8. The van der Waals surface area contributed by atoms with Crippen LogP contribution in [0.25, 0.3) is 21.8 Å². The standard InChI is InChI=1S/C29H25ClN2O6.C29H25N3O5.CH4/c1-35-29(34)21-13-20-19-8-5-9-23(36-15-17-6-3-2-4-7-17)26(19)31-27(20)28(32(21)25(33)14-30)18-10-11-22-24(12-18)38-16-37-22;1-31-14-25(33)32-21(29(31)34)13-20-19-8-5-9-23(35-15-17-6-3-2-4-7-17)26(19)30-27(20)28(32)18-10-11-22-24(12-18)37-16-36-22;/h2-12,21,28,31H,13-16H2,1H3;2-12,21,28,30H,13-16H2,1H3;1H4/t2*21-,28-;/m11./s1. The SMILES string of the molecule is C.CN1CC(=O)N2[C@H](c3ccc4c(c3)OCO4)c3[nH]c4c(OCc5ccccc5)cccc4c3C[C@@H]2C1=O.COC(=O)[C@H]1Cc2c([nH]c3c(OCc4ccccc4)cccc23)[C@@H](c2ccc3c(c2)OCO3)N1C(=O)CCl. The topological polar surface area (TPSA) is 174 Å². The van der Waals surface area contributed by atoms with Gasteiger partial charge in [-0.15, -0.1) is 11.6 Å². The van der Waals surface area contributed by atoms with Crippen LogP contribution in [0.3, 0.4) is 0 Å². The average Bonchev–Trinajstić information content (AvgIpc) is 4.38. The van der Waals surface area contributed by atoms with E-state index in [-0.39, 0.29) is 57.6 Å². The molecule has 0 radical (unpaired) electrons. The largest absolute Gasteiger partial charge is 0.487 e. The van der Waals surface area contributed by atoms with Crippen LogP contribution in [0.1, 0.15) is 64.3 Å². The molecule has 0 spiro atoms. The maximum absolute atomic E-state index is 13.4. The zero-order valence-corrected chi connectivity index (χ0v) is 41.6. The summed E-state index contributed by atoms with van der Waals surface area (Å²) < 4.78 is 39.8. The van der Waals surface area contributed by atoms with E-state index in [4.69, 9.17) is 44.8 Å². The fraction of sp³-hybridized carbons (Fsp3) is 0.254. The molecule has 5 aliphatic rings. The number of rotatable bonds is 10. The molecule has 0 unspecified atom stereocenters. The van der Waals surface area contributed by atoms with E-state index in [1.807, 2.05) is 127 Å². The molecule has 0 saturated carbocycles. The van der Waals surface area contributed by atoms with Crippen molar-refractivity contribution in [2.45, 2.75) is 57.6 Å². The summed E-state index contributed by atoms with van der Waals surface area (Å²) in [6, 6.07) is 40.4. The summed E-state index contributed by atoms with van der Waals surface area (Å²) in [5.41, 5.74) is 9.02. The van der Waals surface area contributed by atoms with Gasteiger partial charge in [0.1, 0.15) is 42.7 Å². The van der Waals surface area contributed by atoms with Crippen LogP contribution in [0.2, 0.25) is 0 Å². The number of carbonyl (C=O) groups excluding carboxylic acids is 4. The van der Waals surface area contributed by atoms with E-state index in [9.17, 15) is 19.2 Å². The number of H-pyrrole nitrogens is 2. The first-order chi connectivity index (χ1) is 36.7. The molecule has 1 saturated heterocycles. The van der Waals surface area contributed by atoms with E-state index in [1.165, 1.54) is 16.9 Å². The summed E-state index contributed by atoms with van der Waals surface area (Å²) in [4.78, 5) is 64.9. The predicted octanol–water partition coefficient (Wildman–Crippen LogP) is 9.16. The molecule has 0 bridgehead atoms. The highest BCUT2D eigenvalue weighted by Crippen LogP contribution is 2.48. The van der Waals surface area contributed by atoms with E-state index in [1.54, 1.807) is 18.0 Å². The van der Waals surface area contributed by atoms with Crippen LogP contribution in [-0.2, 0) is 50.0 Å². The highest BCUT2D eigenvalue weighted by atomic mass is 35.5. The average molecular weight is 1040 g/mol. The fourth-order valence-corrected chi connectivity index (χ4v) is 11.2. The van der Waals surface area contributed by atoms with E-state index < -0.39 is 30.1 Å². The Bertz CT molecular complexity index is 3530. The number of ether oxygens (including phenoxy) is 7. The van der Waals surface area contributed by atoms with Gasteiger partial charge in [0.25, 0.3) is 0 Å². The number of benzene rings is 6. The first-order valence-electron chi connectivity index (χ1n) is 24.6. The van der Waals surface area contributed by atoms with Gasteiger partial charge in [0.2, 0.25) is 31.3 Å². The minimum absolute atomic E-state index is 0. The number of alkyl halides is 1. The quantitative estimate of drug-likeness (QED) is 0.0988. The van der Waals surface area contributed by atoms with Gasteiger partial charge in [-0.1, -0.05) is 104 Å². The molecule has 76 heavy (non-hydrogen) atoms. The molecule has 4 atom stereocenters. The Hall–Kier alpha value is -8.63. The Balaban J connectivity index is 0.000000160. The highest BCUT2D eigenvalue weighted by Gasteiger charge is 2.48. The van der Waals surface area contributed by atoms with Crippen molar-refractivity contribution >= 4 is 57.1 Å². The molecule has 2 N–H and O–H groups in total. The molecular formula is C59H54ClN5O11. The highest BCUT2D eigenvalue weighted by molar-refractivity contribution is 6.27. The second kappa shape index (κ2) is 20.6. The summed E-state index contributed by atoms with van der Waals surface area (Å²) >= 11 is 6.06. The minimum Gasteiger partial charge on any atom is -0.487 e. The van der Waals surface area contributed by atoms with Crippen molar-refractivity contribution in [2.75, 3.05) is 40.2 Å². The number of methoxy groups -OCH3 is 1. The first-order valence-corrected chi connectivity index (χ1v) is 25.1. The van der Waals surface area contributed by atoms with E-state index in [0.29, 0.717) is 48.4 Å². The number of esters is 1. The van der Waals surface area contributed by atoms with Crippen molar-refractivity contribution in [3.63, 3.8) is 0 Å². The number of likely N-dealkylation sites (N-methyl/N-ethyl adjacent to an activating group) is 1. The number of aromatic nitrogens is 2. The van der Waals surface area contributed by atoms with Crippen molar-refractivity contribution in [2.24, 2.45) is 0 Å². The monoisotopic (exact) mass is 1040 g/mol. The molecule has 8 aromatic rings. The number of para-hydroxylation sites is 2. The lowest BCUT2D eigenvalue weighted by atomic mass is 9.86. The molecule has 2 aromatic heterocycles. The van der Waals surface area contributed by atoms with E-state index in [0.717, 1.165) is 72.3 Å². The molecule has 7 heterocycles. The lowest BCUT2D eigenvalue weighted by Crippen LogP contribution is -2.62. The lowest BCUT2D eigenvalue weighted by molar-refractivity contribution is -0.157. The Morgan fingerprint density at radius 2 is 1.16 bits per heavy atom. The first kappa shape index (κ1) is 49.6. The molecule has 16 nitrogen and oxygen atoms in total. The number of aromatic amines is 2. The number of hydrogen-bond acceptors (Lipinski definition) is 11. The lowest BCUT2D eigenvalue weighted by Gasteiger charge is -2.46. The third-order valence-electron chi connectivity index (χ3n) is 14.5. The number of amides is 3. The van der Waals surface area contributed by atoms with Crippen molar-refractivity contribution in [3.8, 4) is 34.5 Å². The molecule has 13 rings (SSSR count). The number of fused-ring (bicyclic) bond motifs is 9. The molecule has 17 heteroatoms. The molecular weight excluding hydrogens is 990 g/mol. The third-order valence-corrected chi connectivity index (χ3v) is 14.8. The number of piperazine rings is 1. The van der Waals surface area contributed by atoms with Gasteiger partial charge in [-0.05, 0) is 69.8 Å². The number of nitrogens with one attached hydrogen (secondary N) is 2. The van der Waals surface area contributed by atoms with Crippen molar-refractivity contribution in [1.29, 1.82) is 0 Å². The Morgan fingerprint density at radius 1 is 0.645 bits per heavy atom. The van der Waals surface area contributed by atoms with Crippen LogP contribution in [-0.4, -0.2) is 101 Å². The second-order valence-electron chi connectivity index (χ2n) is 18.9. The second-order valence-corrected chi connectivity index (χ2v) is 19.1. The molecule has 6 aromatic carbocycles.